The summed E-state index contributed by atoms with van der Waals surface area (Å²) < 4.78 is 13.3. The fourth-order valence-electron chi connectivity index (χ4n) is 4.18. The van der Waals surface area contributed by atoms with Gasteiger partial charge < -0.3 is 0 Å². The van der Waals surface area contributed by atoms with Gasteiger partial charge in [0, 0.05) is 35.9 Å². The van der Waals surface area contributed by atoms with Gasteiger partial charge in [-0.3, -0.25) is 4.79 Å². The van der Waals surface area contributed by atoms with Crippen molar-refractivity contribution >= 4 is 28.9 Å². The minimum absolute atomic E-state index is 0.00885. The summed E-state index contributed by atoms with van der Waals surface area (Å²) in [7, 11) is 0. The van der Waals surface area contributed by atoms with Crippen LogP contribution in [-0.4, -0.2) is 16.5 Å². The smallest absolute Gasteiger partial charge is 0.167 e. The highest BCUT2D eigenvalue weighted by atomic mass is 35.5. The summed E-state index contributed by atoms with van der Waals surface area (Å²) in [5.41, 5.74) is 3.46. The van der Waals surface area contributed by atoms with E-state index in [1.165, 1.54) is 44.2 Å². The van der Waals surface area contributed by atoms with Gasteiger partial charge in [-0.25, -0.2) is 14.4 Å². The van der Waals surface area contributed by atoms with Crippen molar-refractivity contribution in [2.45, 2.75) is 51.4 Å². The van der Waals surface area contributed by atoms with Crippen molar-refractivity contribution in [2.75, 3.05) is 0 Å². The van der Waals surface area contributed by atoms with Gasteiger partial charge in [0.2, 0.25) is 0 Å². The zero-order valence-corrected chi connectivity index (χ0v) is 15.9. The van der Waals surface area contributed by atoms with E-state index in [0.717, 1.165) is 17.7 Å². The molecule has 2 heterocycles. The summed E-state index contributed by atoms with van der Waals surface area (Å²) in [4.78, 5) is 21.9. The summed E-state index contributed by atoms with van der Waals surface area (Å²) in [6, 6.07) is 6.19. The van der Waals surface area contributed by atoms with Gasteiger partial charge in [0.05, 0.1) is 5.02 Å². The van der Waals surface area contributed by atoms with Crippen molar-refractivity contribution in [3.05, 3.63) is 58.0 Å². The molecule has 2 aliphatic rings. The molecule has 4 rings (SSSR count). The van der Waals surface area contributed by atoms with Crippen LogP contribution in [0.1, 0.15) is 60.0 Å². The molecule has 0 spiro atoms. The molecule has 2 aromatic rings. The van der Waals surface area contributed by atoms with Crippen molar-refractivity contribution in [3.63, 3.8) is 0 Å². The molecular formula is C22H22ClFN2O. The van der Waals surface area contributed by atoms with Gasteiger partial charge in [0.25, 0.3) is 0 Å². The Labute approximate surface area is 163 Å². The molecule has 140 valence electrons. The Hall–Kier alpha value is -2.07. The molecule has 1 aliphatic heterocycles. The molecule has 0 radical (unpaired) electrons. The van der Waals surface area contributed by atoms with Gasteiger partial charge in [0.15, 0.2) is 11.6 Å². The van der Waals surface area contributed by atoms with E-state index in [1.54, 1.807) is 18.3 Å². The van der Waals surface area contributed by atoms with Gasteiger partial charge in [-0.2, -0.15) is 0 Å². The molecule has 1 saturated carbocycles. The molecule has 0 unspecified atom stereocenters. The lowest BCUT2D eigenvalue weighted by Gasteiger charge is -2.21. The first-order valence-corrected chi connectivity index (χ1v) is 9.99. The maximum Gasteiger partial charge on any atom is 0.167 e. The molecule has 1 aromatic carbocycles. The molecule has 0 amide bonds. The van der Waals surface area contributed by atoms with Crippen molar-refractivity contribution in [1.29, 1.82) is 0 Å². The van der Waals surface area contributed by atoms with E-state index >= 15 is 0 Å². The molecular weight excluding hydrogens is 363 g/mol. The minimum Gasteiger partial charge on any atom is -0.294 e. The van der Waals surface area contributed by atoms with Gasteiger partial charge in [-0.15, -0.1) is 0 Å². The van der Waals surface area contributed by atoms with Crippen LogP contribution in [0.4, 0.5) is 10.2 Å². The molecule has 0 atom stereocenters. The molecule has 0 N–H and O–H groups in total. The lowest BCUT2D eigenvalue weighted by atomic mass is 9.85. The molecule has 1 aliphatic carbocycles. The van der Waals surface area contributed by atoms with Crippen LogP contribution in [0.5, 0.6) is 0 Å². The predicted octanol–water partition coefficient (Wildman–Crippen LogP) is 5.90. The highest BCUT2D eigenvalue weighted by Crippen LogP contribution is 2.33. The fraction of sp³-hybridized carbons (Fsp3) is 0.409. The Kier molecular flexibility index (Phi) is 5.35. The zero-order chi connectivity index (χ0) is 18.8. The largest absolute Gasteiger partial charge is 0.294 e. The van der Waals surface area contributed by atoms with Crippen LogP contribution in [0.15, 0.2) is 35.5 Å². The molecule has 0 saturated heterocycles. The highest BCUT2D eigenvalue weighted by molar-refractivity contribution is 6.30. The predicted molar refractivity (Wildman–Crippen MR) is 106 cm³/mol. The highest BCUT2D eigenvalue weighted by Gasteiger charge is 2.25. The number of aliphatic imine (C=N–C) groups is 1. The van der Waals surface area contributed by atoms with E-state index in [9.17, 15) is 9.18 Å². The topological polar surface area (TPSA) is 42.3 Å². The number of Topliss-reactive ketones (excluding diaryl/α,β-unsaturated/α-hetero) is 1. The number of aromatic nitrogens is 1. The Morgan fingerprint density at radius 2 is 2.00 bits per heavy atom. The third-order valence-corrected chi connectivity index (χ3v) is 5.87. The number of hydrogen-bond acceptors (Lipinski definition) is 3. The van der Waals surface area contributed by atoms with E-state index < -0.39 is 5.82 Å². The maximum atomic E-state index is 13.3. The van der Waals surface area contributed by atoms with Crippen molar-refractivity contribution in [2.24, 2.45) is 10.9 Å². The second-order valence-electron chi connectivity index (χ2n) is 7.57. The van der Waals surface area contributed by atoms with Crippen LogP contribution in [0.2, 0.25) is 5.02 Å². The first kappa shape index (κ1) is 18.3. The molecule has 0 bridgehead atoms. The summed E-state index contributed by atoms with van der Waals surface area (Å²) in [5, 5.41) is 0.0401. The standard InChI is InChI=1S/C22H22ClFN2O/c23-19-11-15(6-7-20(19)24)12-21(27)17-8-9-25-22-18(17)13-16(26-22)10-14-4-2-1-3-5-14/h6-9,11,14H,1-5,10,12-13H2. The van der Waals surface area contributed by atoms with E-state index in [2.05, 4.69) is 4.98 Å². The summed E-state index contributed by atoms with van der Waals surface area (Å²) in [6.45, 7) is 0. The van der Waals surface area contributed by atoms with E-state index in [-0.39, 0.29) is 17.2 Å². The lowest BCUT2D eigenvalue weighted by Crippen LogP contribution is -2.13. The SMILES string of the molecule is O=C(Cc1ccc(F)c(Cl)c1)c1ccnc2c1CC(CC1CCCCC1)=N2. The molecule has 1 fully saturated rings. The average molecular weight is 385 g/mol. The third kappa shape index (κ3) is 4.11. The number of fused-ring (bicyclic) bond motifs is 1. The number of halogens is 2. The van der Waals surface area contributed by atoms with Crippen LogP contribution < -0.4 is 0 Å². The number of carbonyl (C=O) groups excluding carboxylic acids is 1. The first-order chi connectivity index (χ1) is 13.1. The van der Waals surface area contributed by atoms with Gasteiger partial charge >= 0.3 is 0 Å². The maximum absolute atomic E-state index is 13.3. The van der Waals surface area contributed by atoms with Crippen molar-refractivity contribution in [1.82, 2.24) is 4.98 Å². The summed E-state index contributed by atoms with van der Waals surface area (Å²) in [5.74, 6) is 0.917. The van der Waals surface area contributed by atoms with Gasteiger partial charge in [0.1, 0.15) is 5.82 Å². The monoisotopic (exact) mass is 384 g/mol. The second-order valence-corrected chi connectivity index (χ2v) is 7.98. The fourth-order valence-corrected chi connectivity index (χ4v) is 4.38. The Balaban J connectivity index is 1.48. The van der Waals surface area contributed by atoms with Crippen LogP contribution >= 0.6 is 11.6 Å². The number of nitrogens with zero attached hydrogens (tertiary/aromatic N) is 2. The van der Waals surface area contributed by atoms with Gasteiger partial charge in [-0.05, 0) is 36.1 Å². The van der Waals surface area contributed by atoms with Crippen LogP contribution in [0.25, 0.3) is 0 Å². The number of pyridine rings is 1. The minimum atomic E-state index is -0.474. The summed E-state index contributed by atoms with van der Waals surface area (Å²) in [6.07, 6.45) is 10.1. The van der Waals surface area contributed by atoms with E-state index in [4.69, 9.17) is 16.6 Å². The number of hydrogen-bond donors (Lipinski definition) is 0. The number of ketones is 1. The number of benzene rings is 1. The van der Waals surface area contributed by atoms with Crippen molar-refractivity contribution < 1.29 is 9.18 Å². The quantitative estimate of drug-likeness (QED) is 0.602. The average Bonchev–Trinajstić information content (AvgIpc) is 3.07. The number of rotatable bonds is 5. The van der Waals surface area contributed by atoms with E-state index in [1.807, 2.05) is 0 Å². The normalized spacial score (nSPS) is 16.9. The first-order valence-electron chi connectivity index (χ1n) is 9.61. The van der Waals surface area contributed by atoms with Crippen molar-refractivity contribution in [3.8, 4) is 0 Å². The van der Waals surface area contributed by atoms with Gasteiger partial charge in [-0.1, -0.05) is 49.8 Å². The van der Waals surface area contributed by atoms with E-state index in [0.29, 0.717) is 29.3 Å². The molecule has 1 aromatic heterocycles. The second kappa shape index (κ2) is 7.89. The summed E-state index contributed by atoms with van der Waals surface area (Å²) >= 11 is 5.83. The molecule has 5 heteroatoms. The van der Waals surface area contributed by atoms with Crippen LogP contribution in [0.3, 0.4) is 0 Å². The third-order valence-electron chi connectivity index (χ3n) is 5.58. The zero-order valence-electron chi connectivity index (χ0n) is 15.2. The molecule has 27 heavy (non-hydrogen) atoms. The molecule has 3 nitrogen and oxygen atoms in total. The lowest BCUT2D eigenvalue weighted by molar-refractivity contribution is 0.0992. The van der Waals surface area contributed by atoms with Crippen LogP contribution in [0, 0.1) is 11.7 Å². The Morgan fingerprint density at radius 1 is 1.19 bits per heavy atom. The Bertz CT molecular complexity index is 903. The van der Waals surface area contributed by atoms with Crippen LogP contribution in [-0.2, 0) is 12.8 Å². The Morgan fingerprint density at radius 3 is 2.78 bits per heavy atom. The number of carbonyl (C=O) groups is 1.